The molecule has 1 heterocycles. The van der Waals surface area contributed by atoms with Gasteiger partial charge < -0.3 is 14.8 Å². The maximum absolute atomic E-state index is 13.2. The van der Waals surface area contributed by atoms with E-state index < -0.39 is 0 Å². The maximum Gasteiger partial charge on any atom is 0.182 e. The Kier molecular flexibility index (Phi) is 6.93. The first-order valence-corrected chi connectivity index (χ1v) is 10.3. The highest BCUT2D eigenvalue weighted by Crippen LogP contribution is 2.35. The molecule has 3 rings (SSSR count). The van der Waals surface area contributed by atoms with Crippen molar-refractivity contribution in [1.82, 2.24) is 4.98 Å². The second-order valence-electron chi connectivity index (χ2n) is 5.54. The highest BCUT2D eigenvalue weighted by molar-refractivity contribution is 9.10. The summed E-state index contributed by atoms with van der Waals surface area (Å²) in [4.78, 5) is 4.21. The summed E-state index contributed by atoms with van der Waals surface area (Å²) in [5, 5.41) is 6.37. The van der Waals surface area contributed by atoms with Crippen LogP contribution in [0.3, 0.4) is 0 Å². The molecule has 0 aliphatic heterocycles. The van der Waals surface area contributed by atoms with Crippen molar-refractivity contribution in [1.29, 1.82) is 0 Å². The standard InChI is InChI=1S/C19H17BrClFN2O2S/c1-2-25-17-7-13(10-24-19-23-5-6-27-19)15(20)9-18(17)26-11-12-3-4-14(22)8-16(12)21/h3-9H,2,10-11H2,1H3,(H,23,24). The second-order valence-corrected chi connectivity index (χ2v) is 7.69. The molecular weight excluding hydrogens is 455 g/mol. The SMILES string of the molecule is CCOc1cc(CNc2nccs2)c(Br)cc1OCc1ccc(F)cc1Cl. The van der Waals surface area contributed by atoms with Gasteiger partial charge in [-0.3, -0.25) is 0 Å². The fourth-order valence-corrected chi connectivity index (χ4v) is 3.58. The van der Waals surface area contributed by atoms with Crippen LogP contribution in [0.2, 0.25) is 5.02 Å². The van der Waals surface area contributed by atoms with Gasteiger partial charge in [-0.25, -0.2) is 9.37 Å². The first-order valence-electron chi connectivity index (χ1n) is 8.22. The molecule has 0 aliphatic rings. The summed E-state index contributed by atoms with van der Waals surface area (Å²) >= 11 is 11.2. The van der Waals surface area contributed by atoms with Crippen LogP contribution in [0.5, 0.6) is 11.5 Å². The number of rotatable bonds is 8. The number of hydrogen-bond acceptors (Lipinski definition) is 5. The summed E-state index contributed by atoms with van der Waals surface area (Å²) in [5.74, 6) is 0.843. The van der Waals surface area contributed by atoms with Crippen LogP contribution >= 0.6 is 38.9 Å². The van der Waals surface area contributed by atoms with E-state index in [1.165, 1.54) is 12.1 Å². The van der Waals surface area contributed by atoms with Crippen molar-refractivity contribution in [3.8, 4) is 11.5 Å². The maximum atomic E-state index is 13.2. The highest BCUT2D eigenvalue weighted by Gasteiger charge is 2.12. The topological polar surface area (TPSA) is 43.4 Å². The Balaban J connectivity index is 1.76. The Morgan fingerprint density at radius 3 is 2.70 bits per heavy atom. The number of anilines is 1. The lowest BCUT2D eigenvalue weighted by Crippen LogP contribution is -2.04. The molecule has 0 radical (unpaired) electrons. The fraction of sp³-hybridized carbons (Fsp3) is 0.211. The summed E-state index contributed by atoms with van der Waals surface area (Å²) in [6, 6.07) is 8.03. The van der Waals surface area contributed by atoms with Crippen molar-refractivity contribution in [2.24, 2.45) is 0 Å². The van der Waals surface area contributed by atoms with Gasteiger partial charge in [0.25, 0.3) is 0 Å². The number of halogens is 3. The number of ether oxygens (including phenoxy) is 2. The van der Waals surface area contributed by atoms with Crippen molar-refractivity contribution in [3.63, 3.8) is 0 Å². The molecule has 4 nitrogen and oxygen atoms in total. The number of nitrogens with zero attached hydrogens (tertiary/aromatic N) is 1. The van der Waals surface area contributed by atoms with E-state index in [1.807, 2.05) is 24.4 Å². The fourth-order valence-electron chi connectivity index (χ4n) is 2.37. The molecule has 0 atom stereocenters. The molecule has 0 saturated carbocycles. The molecule has 2 aromatic carbocycles. The van der Waals surface area contributed by atoms with Crippen LogP contribution in [0.15, 0.2) is 46.4 Å². The van der Waals surface area contributed by atoms with Crippen LogP contribution in [-0.4, -0.2) is 11.6 Å². The quantitative estimate of drug-likeness (QED) is 0.419. The first kappa shape index (κ1) is 19.9. The highest BCUT2D eigenvalue weighted by atomic mass is 79.9. The van der Waals surface area contributed by atoms with Gasteiger partial charge in [0.2, 0.25) is 0 Å². The Morgan fingerprint density at radius 1 is 1.19 bits per heavy atom. The van der Waals surface area contributed by atoms with Crippen LogP contribution in [0, 0.1) is 5.82 Å². The van der Waals surface area contributed by atoms with Gasteiger partial charge in [-0.2, -0.15) is 0 Å². The Bertz CT molecular complexity index is 909. The van der Waals surface area contributed by atoms with Gasteiger partial charge in [0.05, 0.1) is 11.6 Å². The van der Waals surface area contributed by atoms with Crippen LogP contribution in [0.25, 0.3) is 0 Å². The minimum absolute atomic E-state index is 0.211. The third-order valence-electron chi connectivity index (χ3n) is 3.67. The minimum atomic E-state index is -0.376. The molecule has 1 N–H and O–H groups in total. The summed E-state index contributed by atoms with van der Waals surface area (Å²) in [7, 11) is 0. The average molecular weight is 472 g/mol. The van der Waals surface area contributed by atoms with Crippen molar-refractivity contribution in [3.05, 3.63) is 68.3 Å². The first-order chi connectivity index (χ1) is 13.1. The monoisotopic (exact) mass is 470 g/mol. The lowest BCUT2D eigenvalue weighted by molar-refractivity contribution is 0.269. The molecule has 0 saturated heterocycles. The number of hydrogen-bond donors (Lipinski definition) is 1. The molecule has 3 aromatic rings. The number of nitrogens with one attached hydrogen (secondary N) is 1. The second kappa shape index (κ2) is 9.39. The predicted molar refractivity (Wildman–Crippen MR) is 110 cm³/mol. The van der Waals surface area contributed by atoms with Gasteiger partial charge in [0.1, 0.15) is 12.4 Å². The van der Waals surface area contributed by atoms with Crippen LogP contribution in [0.1, 0.15) is 18.1 Å². The normalized spacial score (nSPS) is 10.7. The van der Waals surface area contributed by atoms with Gasteiger partial charge in [0.15, 0.2) is 16.6 Å². The van der Waals surface area contributed by atoms with E-state index in [9.17, 15) is 4.39 Å². The van der Waals surface area contributed by atoms with Crippen molar-refractivity contribution < 1.29 is 13.9 Å². The third-order valence-corrected chi connectivity index (χ3v) is 5.49. The summed E-state index contributed by atoms with van der Waals surface area (Å²) in [5.41, 5.74) is 1.71. The number of thiazole rings is 1. The summed E-state index contributed by atoms with van der Waals surface area (Å²) in [6.45, 7) is 3.23. The molecule has 0 spiro atoms. The Labute approximate surface area is 174 Å². The molecule has 0 fully saturated rings. The summed E-state index contributed by atoms with van der Waals surface area (Å²) < 4.78 is 25.7. The molecule has 0 unspecified atom stereocenters. The minimum Gasteiger partial charge on any atom is -0.490 e. The molecule has 142 valence electrons. The molecule has 27 heavy (non-hydrogen) atoms. The van der Waals surface area contributed by atoms with E-state index in [-0.39, 0.29) is 12.4 Å². The zero-order valence-corrected chi connectivity index (χ0v) is 17.6. The van der Waals surface area contributed by atoms with Crippen LogP contribution < -0.4 is 14.8 Å². The molecule has 0 bridgehead atoms. The third kappa shape index (κ3) is 5.34. The molecule has 0 amide bonds. The molecule has 1 aromatic heterocycles. The summed E-state index contributed by atoms with van der Waals surface area (Å²) in [6.07, 6.45) is 1.76. The van der Waals surface area contributed by atoms with Crippen LogP contribution in [0.4, 0.5) is 9.52 Å². The van der Waals surface area contributed by atoms with Crippen molar-refractivity contribution in [2.45, 2.75) is 20.1 Å². The van der Waals surface area contributed by atoms with Crippen molar-refractivity contribution >= 4 is 44.0 Å². The molecule has 8 heteroatoms. The molecular formula is C19H17BrClFN2O2S. The van der Waals surface area contributed by atoms with E-state index in [1.54, 1.807) is 23.6 Å². The lowest BCUT2D eigenvalue weighted by Gasteiger charge is -2.16. The van der Waals surface area contributed by atoms with Crippen molar-refractivity contribution in [2.75, 3.05) is 11.9 Å². The van der Waals surface area contributed by atoms with Crippen LogP contribution in [-0.2, 0) is 13.2 Å². The van der Waals surface area contributed by atoms with E-state index in [0.717, 1.165) is 15.2 Å². The van der Waals surface area contributed by atoms with Gasteiger partial charge in [-0.1, -0.05) is 33.6 Å². The lowest BCUT2D eigenvalue weighted by atomic mass is 10.2. The van der Waals surface area contributed by atoms with Gasteiger partial charge in [0, 0.05) is 28.2 Å². The van der Waals surface area contributed by atoms with Gasteiger partial charge >= 0.3 is 0 Å². The van der Waals surface area contributed by atoms with E-state index in [2.05, 4.69) is 26.2 Å². The molecule has 0 aliphatic carbocycles. The smallest absolute Gasteiger partial charge is 0.182 e. The zero-order chi connectivity index (χ0) is 19.2. The van der Waals surface area contributed by atoms with E-state index >= 15 is 0 Å². The zero-order valence-electron chi connectivity index (χ0n) is 14.5. The average Bonchev–Trinajstić information content (AvgIpc) is 3.15. The van der Waals surface area contributed by atoms with Gasteiger partial charge in [-0.05, 0) is 36.8 Å². The number of benzene rings is 2. The Hall–Kier alpha value is -1.83. The van der Waals surface area contributed by atoms with E-state index in [0.29, 0.717) is 35.2 Å². The van der Waals surface area contributed by atoms with E-state index in [4.69, 9.17) is 21.1 Å². The largest absolute Gasteiger partial charge is 0.490 e. The predicted octanol–water partition coefficient (Wildman–Crippen LogP) is 6.29. The van der Waals surface area contributed by atoms with Gasteiger partial charge in [-0.15, -0.1) is 11.3 Å². The number of aromatic nitrogens is 1. The Morgan fingerprint density at radius 2 is 2.00 bits per heavy atom.